The van der Waals surface area contributed by atoms with Crippen LogP contribution in [-0.2, 0) is 16.0 Å². The van der Waals surface area contributed by atoms with Crippen LogP contribution in [0.3, 0.4) is 0 Å². The lowest BCUT2D eigenvalue weighted by molar-refractivity contribution is -0.132. The van der Waals surface area contributed by atoms with Crippen molar-refractivity contribution >= 4 is 29.1 Å². The molecule has 2 aromatic rings. The first-order valence-electron chi connectivity index (χ1n) is 8.14. The van der Waals surface area contributed by atoms with Crippen LogP contribution >= 0.6 is 11.8 Å². The fraction of sp³-hybridized carbons (Fsp3) is 0.250. The molecule has 132 valence electrons. The summed E-state index contributed by atoms with van der Waals surface area (Å²) in [6.07, 6.45) is 0.976. The number of fused-ring (bicyclic) bond motifs is 2. The lowest BCUT2D eigenvalue weighted by atomic mass is 10.1. The van der Waals surface area contributed by atoms with E-state index in [9.17, 15) is 4.79 Å². The second-order valence-corrected chi connectivity index (χ2v) is 6.67. The Morgan fingerprint density at radius 2 is 1.88 bits per heavy atom. The van der Waals surface area contributed by atoms with E-state index in [2.05, 4.69) is 54.4 Å². The van der Waals surface area contributed by atoms with Gasteiger partial charge in [0.05, 0.1) is 18.0 Å². The third-order valence-corrected chi connectivity index (χ3v) is 4.66. The Hall–Kier alpha value is -2.24. The lowest BCUT2D eigenvalue weighted by Gasteiger charge is -2.21. The van der Waals surface area contributed by atoms with Crippen molar-refractivity contribution in [2.45, 2.75) is 30.1 Å². The first kappa shape index (κ1) is 19.1. The summed E-state index contributed by atoms with van der Waals surface area (Å²) in [6, 6.07) is 15.0. The number of nitrogens with one attached hydrogen (secondary N) is 1. The summed E-state index contributed by atoms with van der Waals surface area (Å²) in [5.41, 5.74) is 3.90. The molecule has 0 radical (unpaired) electrons. The van der Waals surface area contributed by atoms with Crippen LogP contribution in [0.1, 0.15) is 19.4 Å². The molecule has 0 bridgehead atoms. The van der Waals surface area contributed by atoms with E-state index >= 15 is 0 Å². The van der Waals surface area contributed by atoms with E-state index in [-0.39, 0.29) is 5.57 Å². The number of benzene rings is 2. The Balaban J connectivity index is 0.000000326. The highest BCUT2D eigenvalue weighted by atomic mass is 32.2. The zero-order valence-electron chi connectivity index (χ0n) is 14.5. The summed E-state index contributed by atoms with van der Waals surface area (Å²) in [7, 11) is 0. The Kier molecular flexibility index (Phi) is 7.10. The van der Waals surface area contributed by atoms with E-state index in [1.807, 2.05) is 18.7 Å². The first-order valence-corrected chi connectivity index (χ1v) is 8.96. The third-order valence-electron chi connectivity index (χ3n) is 3.53. The monoisotopic (exact) mass is 357 g/mol. The number of carbonyl (C=O) groups is 1. The fourth-order valence-corrected chi connectivity index (χ4v) is 3.22. The maximum atomic E-state index is 9.60. The van der Waals surface area contributed by atoms with E-state index in [0.29, 0.717) is 0 Å². The number of para-hydroxylation sites is 1. The van der Waals surface area contributed by atoms with Gasteiger partial charge in [0, 0.05) is 22.0 Å². The van der Waals surface area contributed by atoms with E-state index in [0.717, 1.165) is 19.6 Å². The molecule has 0 spiro atoms. The molecular formula is C20H23NO3S. The first-order chi connectivity index (χ1) is 12.0. The zero-order valence-corrected chi connectivity index (χ0v) is 15.4. The number of aliphatic carboxylic acids is 1. The second-order valence-electron chi connectivity index (χ2n) is 5.59. The van der Waals surface area contributed by atoms with E-state index < -0.39 is 5.97 Å². The quantitative estimate of drug-likeness (QED) is 0.490. The van der Waals surface area contributed by atoms with Crippen LogP contribution in [0.4, 0.5) is 11.4 Å². The van der Waals surface area contributed by atoms with Crippen LogP contribution < -0.4 is 5.32 Å². The van der Waals surface area contributed by atoms with Gasteiger partial charge in [-0.3, -0.25) is 0 Å². The van der Waals surface area contributed by atoms with Gasteiger partial charge in [0.1, 0.15) is 0 Å². The fourth-order valence-electron chi connectivity index (χ4n) is 2.17. The standard InChI is InChI=1S/C16H17NOS.C4H6O2/c1-2-18-10-9-12-7-8-14-16(11-12)19-15-6-4-3-5-13(15)17-14;1-3(2)4(5)6/h3-8,11,17H,2,9-10H2,1H3;1H2,2H3,(H,5,6). The Morgan fingerprint density at radius 3 is 2.56 bits per heavy atom. The SMILES string of the molecule is C=C(C)C(=O)O.CCOCCc1ccc2c(c1)Sc1ccccc1N2. The average Bonchev–Trinajstić information content (AvgIpc) is 2.60. The smallest absolute Gasteiger partial charge is 0.330 e. The minimum Gasteiger partial charge on any atom is -0.478 e. The van der Waals surface area contributed by atoms with Crippen molar-refractivity contribution in [1.82, 2.24) is 0 Å². The molecule has 0 aromatic heterocycles. The molecule has 0 saturated carbocycles. The Morgan fingerprint density at radius 1 is 1.20 bits per heavy atom. The molecule has 2 N–H and O–H groups in total. The van der Waals surface area contributed by atoms with Crippen molar-refractivity contribution in [3.63, 3.8) is 0 Å². The molecule has 5 heteroatoms. The summed E-state index contributed by atoms with van der Waals surface area (Å²) >= 11 is 1.83. The molecule has 1 aliphatic heterocycles. The molecule has 0 amide bonds. The van der Waals surface area contributed by atoms with Crippen LogP contribution in [0, 0.1) is 0 Å². The lowest BCUT2D eigenvalue weighted by Crippen LogP contribution is -2.02. The van der Waals surface area contributed by atoms with Gasteiger partial charge in [0.15, 0.2) is 0 Å². The van der Waals surface area contributed by atoms with Crippen molar-refractivity contribution in [2.75, 3.05) is 18.5 Å². The van der Waals surface area contributed by atoms with Crippen LogP contribution in [-0.4, -0.2) is 24.3 Å². The molecule has 0 fully saturated rings. The van der Waals surface area contributed by atoms with Gasteiger partial charge in [-0.05, 0) is 50.1 Å². The van der Waals surface area contributed by atoms with E-state index in [1.165, 1.54) is 33.7 Å². The Labute approximate surface area is 152 Å². The maximum Gasteiger partial charge on any atom is 0.330 e. The van der Waals surface area contributed by atoms with Crippen molar-refractivity contribution in [3.8, 4) is 0 Å². The van der Waals surface area contributed by atoms with Gasteiger partial charge in [0.25, 0.3) is 0 Å². The number of hydrogen-bond acceptors (Lipinski definition) is 4. The number of rotatable bonds is 5. The normalized spacial score (nSPS) is 11.3. The van der Waals surface area contributed by atoms with Crippen LogP contribution in [0.25, 0.3) is 0 Å². The molecule has 3 rings (SSSR count). The zero-order chi connectivity index (χ0) is 18.2. The highest BCUT2D eigenvalue weighted by molar-refractivity contribution is 7.99. The predicted octanol–water partition coefficient (Wildman–Crippen LogP) is 5.12. The van der Waals surface area contributed by atoms with Gasteiger partial charge in [-0.25, -0.2) is 4.79 Å². The number of carboxylic acids is 1. The van der Waals surface area contributed by atoms with Gasteiger partial charge < -0.3 is 15.2 Å². The molecule has 0 aliphatic carbocycles. The summed E-state index contributed by atoms with van der Waals surface area (Å²) in [6.45, 7) is 8.22. The molecule has 0 unspecified atom stereocenters. The summed E-state index contributed by atoms with van der Waals surface area (Å²) in [5, 5.41) is 11.4. The molecule has 0 atom stereocenters. The second kappa shape index (κ2) is 9.30. The molecule has 1 aliphatic rings. The van der Waals surface area contributed by atoms with Crippen LogP contribution in [0.2, 0.25) is 0 Å². The topological polar surface area (TPSA) is 58.6 Å². The summed E-state index contributed by atoms with van der Waals surface area (Å²) in [4.78, 5) is 12.2. The Bertz CT molecular complexity index is 746. The van der Waals surface area contributed by atoms with Gasteiger partial charge >= 0.3 is 5.97 Å². The number of anilines is 2. The van der Waals surface area contributed by atoms with Gasteiger partial charge in [0.2, 0.25) is 0 Å². The van der Waals surface area contributed by atoms with Crippen molar-refractivity contribution < 1.29 is 14.6 Å². The number of hydrogen-bond donors (Lipinski definition) is 2. The van der Waals surface area contributed by atoms with Crippen LogP contribution in [0.15, 0.2) is 64.4 Å². The van der Waals surface area contributed by atoms with Crippen molar-refractivity contribution in [2.24, 2.45) is 0 Å². The van der Waals surface area contributed by atoms with Gasteiger partial charge in [-0.2, -0.15) is 0 Å². The minimum absolute atomic E-state index is 0.176. The highest BCUT2D eigenvalue weighted by Gasteiger charge is 2.15. The number of ether oxygens (including phenoxy) is 1. The summed E-state index contributed by atoms with van der Waals surface area (Å²) < 4.78 is 5.42. The minimum atomic E-state index is -0.935. The van der Waals surface area contributed by atoms with Crippen LogP contribution in [0.5, 0.6) is 0 Å². The molecular weight excluding hydrogens is 334 g/mol. The summed E-state index contributed by atoms with van der Waals surface area (Å²) in [5.74, 6) is -0.935. The van der Waals surface area contributed by atoms with Crippen molar-refractivity contribution in [1.29, 1.82) is 0 Å². The van der Waals surface area contributed by atoms with Gasteiger partial charge in [-0.15, -0.1) is 0 Å². The molecule has 0 saturated heterocycles. The highest BCUT2D eigenvalue weighted by Crippen LogP contribution is 2.44. The predicted molar refractivity (Wildman–Crippen MR) is 103 cm³/mol. The van der Waals surface area contributed by atoms with Gasteiger partial charge in [-0.1, -0.05) is 36.5 Å². The molecule has 1 heterocycles. The average molecular weight is 357 g/mol. The van der Waals surface area contributed by atoms with E-state index in [1.54, 1.807) is 0 Å². The van der Waals surface area contributed by atoms with Crippen molar-refractivity contribution in [3.05, 3.63) is 60.2 Å². The molecule has 2 aromatic carbocycles. The molecule has 25 heavy (non-hydrogen) atoms. The molecule has 4 nitrogen and oxygen atoms in total. The van der Waals surface area contributed by atoms with E-state index in [4.69, 9.17) is 9.84 Å². The number of carboxylic acid groups (broad SMARTS) is 1. The maximum absolute atomic E-state index is 9.60. The third kappa shape index (κ3) is 5.66. The largest absolute Gasteiger partial charge is 0.478 e.